The van der Waals surface area contributed by atoms with Crippen molar-refractivity contribution < 1.29 is 17.5 Å². The van der Waals surface area contributed by atoms with Gasteiger partial charge in [-0.25, -0.2) is 5.43 Å². The van der Waals surface area contributed by atoms with E-state index in [4.69, 9.17) is 27.9 Å². The van der Waals surface area contributed by atoms with E-state index in [1.807, 2.05) is 43.3 Å². The predicted octanol–water partition coefficient (Wildman–Crippen LogP) is 6.76. The van der Waals surface area contributed by atoms with Crippen LogP contribution in [0.25, 0.3) is 0 Å². The minimum atomic E-state index is -0.436. The fraction of sp³-hybridized carbons (Fsp3) is 0.200. The van der Waals surface area contributed by atoms with Gasteiger partial charge in [0.15, 0.2) is 0 Å². The van der Waals surface area contributed by atoms with Crippen molar-refractivity contribution in [2.24, 2.45) is 5.10 Å². The zero-order chi connectivity index (χ0) is 24.7. The lowest BCUT2D eigenvalue weighted by molar-refractivity contribution is 0.0955. The molecule has 0 aliphatic carbocycles. The molecule has 1 amide bonds. The highest BCUT2D eigenvalue weighted by Crippen LogP contribution is 2.30. The molecule has 1 unspecified atom stereocenters. The van der Waals surface area contributed by atoms with Crippen LogP contribution in [0.4, 0.5) is 0 Å². The van der Waals surface area contributed by atoms with Crippen LogP contribution in [0.3, 0.4) is 0 Å². The van der Waals surface area contributed by atoms with E-state index in [9.17, 15) is 9.90 Å². The Kier molecular flexibility index (Phi) is 9.36. The second-order valence-electron chi connectivity index (χ2n) is 7.59. The first-order valence-corrected chi connectivity index (χ1v) is 12.0. The van der Waals surface area contributed by atoms with E-state index in [-0.39, 0.29) is 19.7 Å². The number of benzene rings is 3. The maximum Gasteiger partial charge on any atom is 0.271 e. The van der Waals surface area contributed by atoms with Gasteiger partial charge in [-0.2, -0.15) is 5.10 Å². The van der Waals surface area contributed by atoms with Gasteiger partial charge in [-0.3, -0.25) is 4.79 Å². The Morgan fingerprint density at radius 1 is 1.21 bits per heavy atom. The summed E-state index contributed by atoms with van der Waals surface area (Å²) in [7, 11) is 0. The minimum absolute atomic E-state index is 0. The van der Waals surface area contributed by atoms with Crippen LogP contribution in [0.1, 0.15) is 42.9 Å². The van der Waals surface area contributed by atoms with Crippen LogP contribution in [0.5, 0.6) is 11.5 Å². The van der Waals surface area contributed by atoms with Crippen LogP contribution in [-0.2, 0) is 0 Å². The lowest BCUT2D eigenvalue weighted by Crippen LogP contribution is -2.24. The Bertz CT molecular complexity index is 1170. The molecule has 0 radical (unpaired) electrons. The normalized spacial score (nSPS) is 12.0. The van der Waals surface area contributed by atoms with Crippen LogP contribution < -0.4 is 15.5 Å². The summed E-state index contributed by atoms with van der Waals surface area (Å²) in [6, 6.07) is 15.9. The standard InChI is InChI=1S/C25H24BrCl2N3O3.2H2/c1-15-11-17(14-30-31-25(33)19-5-8-23(32)22(28)13-19)12-21(26)24(15)34-10-9-29-16(2)18-3-6-20(27)7-4-18;;/h3-8,11-14,16,29,32H,9-10H2,1-2H3,(H,31,33);2*1H/b30-14+;;. The van der Waals surface area contributed by atoms with Crippen LogP contribution in [0.2, 0.25) is 10.0 Å². The molecule has 0 heterocycles. The zero-order valence-corrected chi connectivity index (χ0v) is 21.7. The second-order valence-corrected chi connectivity index (χ2v) is 9.29. The summed E-state index contributed by atoms with van der Waals surface area (Å²) in [4.78, 5) is 12.2. The van der Waals surface area contributed by atoms with Crippen LogP contribution in [-0.4, -0.2) is 30.4 Å². The fourth-order valence-electron chi connectivity index (χ4n) is 3.19. The lowest BCUT2D eigenvalue weighted by atomic mass is 10.1. The average molecular weight is 569 g/mol. The number of ether oxygens (including phenoxy) is 1. The molecule has 9 heteroatoms. The third-order valence-electron chi connectivity index (χ3n) is 5.01. The van der Waals surface area contributed by atoms with E-state index in [2.05, 4.69) is 38.7 Å². The summed E-state index contributed by atoms with van der Waals surface area (Å²) in [6.45, 7) is 5.20. The van der Waals surface area contributed by atoms with Gasteiger partial charge in [0.1, 0.15) is 18.1 Å². The molecule has 3 N–H and O–H groups in total. The summed E-state index contributed by atoms with van der Waals surface area (Å²) < 4.78 is 6.76. The summed E-state index contributed by atoms with van der Waals surface area (Å²) in [6.07, 6.45) is 1.54. The molecule has 0 aliphatic heterocycles. The Morgan fingerprint density at radius 3 is 2.62 bits per heavy atom. The molecule has 3 rings (SSSR count). The quantitative estimate of drug-likeness (QED) is 0.151. The van der Waals surface area contributed by atoms with Crippen molar-refractivity contribution in [1.82, 2.24) is 10.7 Å². The second kappa shape index (κ2) is 12.2. The number of aromatic hydroxyl groups is 1. The third-order valence-corrected chi connectivity index (χ3v) is 6.15. The van der Waals surface area contributed by atoms with Crippen LogP contribution >= 0.6 is 39.1 Å². The molecule has 0 aromatic heterocycles. The molecule has 0 bridgehead atoms. The highest BCUT2D eigenvalue weighted by atomic mass is 79.9. The number of phenolic OH excluding ortho intramolecular Hbond substituents is 1. The summed E-state index contributed by atoms with van der Waals surface area (Å²) >= 11 is 15.3. The molecule has 3 aromatic rings. The third kappa shape index (κ3) is 7.21. The molecule has 0 saturated carbocycles. The van der Waals surface area contributed by atoms with Gasteiger partial charge in [0.2, 0.25) is 0 Å². The molecule has 6 nitrogen and oxygen atoms in total. The van der Waals surface area contributed by atoms with E-state index in [0.717, 1.165) is 31.9 Å². The van der Waals surface area contributed by atoms with Crippen molar-refractivity contribution in [2.75, 3.05) is 13.2 Å². The van der Waals surface area contributed by atoms with E-state index in [1.165, 1.54) is 24.4 Å². The maximum absolute atomic E-state index is 12.2. The molecule has 0 spiro atoms. The number of halogens is 3. The van der Waals surface area contributed by atoms with Gasteiger partial charge >= 0.3 is 0 Å². The molecular weight excluding hydrogens is 541 g/mol. The summed E-state index contributed by atoms with van der Waals surface area (Å²) in [5, 5.41) is 17.7. The van der Waals surface area contributed by atoms with Crippen LogP contribution in [0.15, 0.2) is 64.2 Å². The van der Waals surface area contributed by atoms with Crippen molar-refractivity contribution in [3.05, 3.63) is 91.4 Å². The van der Waals surface area contributed by atoms with Crippen molar-refractivity contribution in [3.63, 3.8) is 0 Å². The molecule has 3 aromatic carbocycles. The number of hydrogen-bond donors (Lipinski definition) is 3. The first kappa shape index (κ1) is 26.0. The number of amides is 1. The number of carbonyl (C=O) groups is 1. The van der Waals surface area contributed by atoms with Gasteiger partial charge in [0.25, 0.3) is 5.91 Å². The van der Waals surface area contributed by atoms with E-state index in [1.54, 1.807) is 0 Å². The Morgan fingerprint density at radius 2 is 1.94 bits per heavy atom. The SMILES string of the molecule is Cc1cc(/C=N/NC(=O)c2ccc(O)c(Cl)c2)cc(Br)c1OCCNC(C)c1ccc(Cl)cc1.[HH].[HH]. The predicted molar refractivity (Wildman–Crippen MR) is 145 cm³/mol. The molecule has 34 heavy (non-hydrogen) atoms. The number of nitrogens with one attached hydrogen (secondary N) is 2. The van der Waals surface area contributed by atoms with Crippen LogP contribution in [0, 0.1) is 6.92 Å². The molecule has 1 atom stereocenters. The molecule has 0 fully saturated rings. The van der Waals surface area contributed by atoms with Gasteiger partial charge in [-0.1, -0.05) is 35.3 Å². The first-order valence-electron chi connectivity index (χ1n) is 10.5. The number of carbonyl (C=O) groups excluding carboxylic acids is 1. The first-order chi connectivity index (χ1) is 16.2. The Labute approximate surface area is 220 Å². The molecule has 0 aliphatic rings. The largest absolute Gasteiger partial charge is 0.506 e. The lowest BCUT2D eigenvalue weighted by Gasteiger charge is -2.16. The molecule has 0 saturated heterocycles. The van der Waals surface area contributed by atoms with Crippen molar-refractivity contribution in [2.45, 2.75) is 19.9 Å². The summed E-state index contributed by atoms with van der Waals surface area (Å²) in [5.41, 5.74) is 5.61. The zero-order valence-electron chi connectivity index (χ0n) is 18.6. The van der Waals surface area contributed by atoms with E-state index in [0.29, 0.717) is 18.7 Å². The van der Waals surface area contributed by atoms with Crippen molar-refractivity contribution in [1.29, 1.82) is 0 Å². The number of rotatable bonds is 9. The van der Waals surface area contributed by atoms with Crippen molar-refractivity contribution >= 4 is 51.3 Å². The monoisotopic (exact) mass is 567 g/mol. The smallest absolute Gasteiger partial charge is 0.271 e. The van der Waals surface area contributed by atoms with Crippen molar-refractivity contribution in [3.8, 4) is 11.5 Å². The topological polar surface area (TPSA) is 83.0 Å². The number of hydrazone groups is 1. The van der Waals surface area contributed by atoms with E-state index < -0.39 is 5.91 Å². The van der Waals surface area contributed by atoms with Gasteiger partial charge in [-0.15, -0.1) is 0 Å². The van der Waals surface area contributed by atoms with Gasteiger partial charge in [-0.05, 0) is 88.9 Å². The maximum atomic E-state index is 12.2. The Hall–Kier alpha value is -2.58. The van der Waals surface area contributed by atoms with Gasteiger partial charge in [0, 0.05) is 26.0 Å². The van der Waals surface area contributed by atoms with Gasteiger partial charge in [0.05, 0.1) is 15.7 Å². The summed E-state index contributed by atoms with van der Waals surface area (Å²) in [5.74, 6) is 0.228. The Balaban J connectivity index is 0.00000324. The number of nitrogens with zero attached hydrogens (tertiary/aromatic N) is 1. The number of phenols is 1. The average Bonchev–Trinajstić information content (AvgIpc) is 2.80. The number of aryl methyl sites for hydroxylation is 1. The van der Waals surface area contributed by atoms with E-state index >= 15 is 0 Å². The fourth-order valence-corrected chi connectivity index (χ4v) is 4.19. The highest BCUT2D eigenvalue weighted by Gasteiger charge is 2.10. The molecular formula is C25H28BrCl2N3O3. The molecule has 182 valence electrons. The number of hydrogen-bond acceptors (Lipinski definition) is 5. The minimum Gasteiger partial charge on any atom is -0.506 e. The van der Waals surface area contributed by atoms with Gasteiger partial charge < -0.3 is 15.2 Å². The highest BCUT2D eigenvalue weighted by molar-refractivity contribution is 9.10.